The molecule has 0 bridgehead atoms. The molecule has 1 aliphatic heterocycles. The van der Waals surface area contributed by atoms with Crippen LogP contribution < -0.4 is 0 Å². The number of carbonyl (C=O) groups excluding carboxylic acids is 2. The number of piperidine rings is 1. The second-order valence-electron chi connectivity index (χ2n) is 5.27. The molecule has 1 unspecified atom stereocenters. The van der Waals surface area contributed by atoms with E-state index in [2.05, 4.69) is 4.74 Å². The Morgan fingerprint density at radius 1 is 1.29 bits per heavy atom. The van der Waals surface area contributed by atoms with Gasteiger partial charge >= 0.3 is 12.1 Å². The zero-order valence-corrected chi connectivity index (χ0v) is 12.3. The smallest absolute Gasteiger partial charge is 0.410 e. The third-order valence-electron chi connectivity index (χ3n) is 3.67. The van der Waals surface area contributed by atoms with Crippen LogP contribution >= 0.6 is 0 Å². The molecule has 1 saturated heterocycles. The van der Waals surface area contributed by atoms with Crippen molar-refractivity contribution in [1.82, 2.24) is 4.90 Å². The normalized spacial score (nSPS) is 18.1. The van der Waals surface area contributed by atoms with E-state index in [0.717, 1.165) is 18.4 Å². The highest BCUT2D eigenvalue weighted by Crippen LogP contribution is 2.20. The van der Waals surface area contributed by atoms with E-state index in [4.69, 9.17) is 4.74 Å². The first-order valence-electron chi connectivity index (χ1n) is 7.21. The van der Waals surface area contributed by atoms with E-state index in [9.17, 15) is 9.59 Å². The third kappa shape index (κ3) is 4.77. The summed E-state index contributed by atoms with van der Waals surface area (Å²) >= 11 is 0. The van der Waals surface area contributed by atoms with Crippen LogP contribution in [0.2, 0.25) is 0 Å². The van der Waals surface area contributed by atoms with Crippen LogP contribution in [0.4, 0.5) is 4.79 Å². The molecule has 0 spiro atoms. The molecule has 114 valence electrons. The van der Waals surface area contributed by atoms with E-state index < -0.39 is 0 Å². The minimum atomic E-state index is -0.312. The predicted octanol–water partition coefficient (Wildman–Crippen LogP) is 2.60. The lowest BCUT2D eigenvalue weighted by atomic mass is 9.95. The first kappa shape index (κ1) is 15.4. The van der Waals surface area contributed by atoms with Gasteiger partial charge in [0, 0.05) is 13.1 Å². The molecule has 21 heavy (non-hydrogen) atoms. The summed E-state index contributed by atoms with van der Waals surface area (Å²) in [6, 6.07) is 9.59. The fraction of sp³-hybridized carbons (Fsp3) is 0.500. The molecule has 0 radical (unpaired) electrons. The van der Waals surface area contributed by atoms with E-state index in [1.807, 2.05) is 30.3 Å². The summed E-state index contributed by atoms with van der Waals surface area (Å²) in [5.74, 6) is -0.0602. The topological polar surface area (TPSA) is 55.8 Å². The maximum atomic E-state index is 12.1. The maximum absolute atomic E-state index is 12.1. The monoisotopic (exact) mass is 291 g/mol. The molecule has 1 aromatic rings. The van der Waals surface area contributed by atoms with E-state index in [1.54, 1.807) is 4.90 Å². The number of benzene rings is 1. The van der Waals surface area contributed by atoms with Crippen LogP contribution in [0.15, 0.2) is 30.3 Å². The van der Waals surface area contributed by atoms with Crippen molar-refractivity contribution in [2.45, 2.75) is 25.9 Å². The van der Waals surface area contributed by atoms with Gasteiger partial charge < -0.3 is 14.4 Å². The number of likely N-dealkylation sites (tertiary alicyclic amines) is 1. The van der Waals surface area contributed by atoms with Crippen molar-refractivity contribution < 1.29 is 19.1 Å². The Morgan fingerprint density at radius 3 is 2.76 bits per heavy atom. The molecule has 0 aromatic heterocycles. The summed E-state index contributed by atoms with van der Waals surface area (Å²) < 4.78 is 10.00. The van der Waals surface area contributed by atoms with Crippen molar-refractivity contribution in [2.75, 3.05) is 20.2 Å². The molecule has 1 aromatic carbocycles. The van der Waals surface area contributed by atoms with E-state index in [1.165, 1.54) is 7.11 Å². The Kier molecular flexibility index (Phi) is 5.60. The van der Waals surface area contributed by atoms with Crippen molar-refractivity contribution in [3.63, 3.8) is 0 Å². The number of methoxy groups -OCH3 is 1. The summed E-state index contributed by atoms with van der Waals surface area (Å²) in [5, 5.41) is 0. The molecule has 1 fully saturated rings. The summed E-state index contributed by atoms with van der Waals surface area (Å²) in [5.41, 5.74) is 0.967. The molecule has 1 aliphatic rings. The van der Waals surface area contributed by atoms with Crippen LogP contribution in [0.3, 0.4) is 0 Å². The molecule has 0 saturated carbocycles. The molecular weight excluding hydrogens is 270 g/mol. The fourth-order valence-electron chi connectivity index (χ4n) is 2.53. The van der Waals surface area contributed by atoms with E-state index >= 15 is 0 Å². The summed E-state index contributed by atoms with van der Waals surface area (Å²) in [4.78, 5) is 25.1. The number of hydrogen-bond donors (Lipinski definition) is 0. The van der Waals surface area contributed by atoms with Gasteiger partial charge in [-0.2, -0.15) is 0 Å². The largest absolute Gasteiger partial charge is 0.469 e. The Morgan fingerprint density at radius 2 is 2.05 bits per heavy atom. The standard InChI is InChI=1S/C16H21NO4/c1-20-15(18)10-14-8-5-9-17(11-14)16(19)21-12-13-6-3-2-4-7-13/h2-4,6-7,14H,5,8-12H2,1H3. The van der Waals surface area contributed by atoms with Gasteiger partial charge in [0.25, 0.3) is 0 Å². The highest BCUT2D eigenvalue weighted by Gasteiger charge is 2.26. The second kappa shape index (κ2) is 7.67. The lowest BCUT2D eigenvalue weighted by Crippen LogP contribution is -2.40. The fourth-order valence-corrected chi connectivity index (χ4v) is 2.53. The van der Waals surface area contributed by atoms with Crippen LogP contribution in [-0.2, 0) is 20.9 Å². The van der Waals surface area contributed by atoms with Crippen molar-refractivity contribution in [3.05, 3.63) is 35.9 Å². The number of esters is 1. The molecule has 1 heterocycles. The molecule has 2 rings (SSSR count). The van der Waals surface area contributed by atoms with Gasteiger partial charge in [-0.15, -0.1) is 0 Å². The van der Waals surface area contributed by atoms with Gasteiger partial charge in [0.15, 0.2) is 0 Å². The van der Waals surface area contributed by atoms with Crippen molar-refractivity contribution >= 4 is 12.1 Å². The van der Waals surface area contributed by atoms with Crippen LogP contribution in [-0.4, -0.2) is 37.2 Å². The Balaban J connectivity index is 1.80. The molecule has 1 atom stereocenters. The van der Waals surface area contributed by atoms with Gasteiger partial charge in [-0.3, -0.25) is 4.79 Å². The van der Waals surface area contributed by atoms with Crippen molar-refractivity contribution in [2.24, 2.45) is 5.92 Å². The number of hydrogen-bond acceptors (Lipinski definition) is 4. The van der Waals surface area contributed by atoms with Gasteiger partial charge in [-0.1, -0.05) is 30.3 Å². The third-order valence-corrected chi connectivity index (χ3v) is 3.67. The average Bonchev–Trinajstić information content (AvgIpc) is 2.53. The Labute approximate surface area is 124 Å². The number of ether oxygens (including phenoxy) is 2. The predicted molar refractivity (Wildman–Crippen MR) is 77.6 cm³/mol. The summed E-state index contributed by atoms with van der Waals surface area (Å²) in [7, 11) is 1.39. The van der Waals surface area contributed by atoms with Gasteiger partial charge in [0.2, 0.25) is 0 Å². The molecule has 1 amide bonds. The van der Waals surface area contributed by atoms with Gasteiger partial charge in [-0.05, 0) is 24.3 Å². The molecular formula is C16H21NO4. The van der Waals surface area contributed by atoms with Crippen LogP contribution in [0.5, 0.6) is 0 Å². The van der Waals surface area contributed by atoms with Crippen LogP contribution in [0, 0.1) is 5.92 Å². The van der Waals surface area contributed by atoms with Crippen molar-refractivity contribution in [1.29, 1.82) is 0 Å². The van der Waals surface area contributed by atoms with Crippen LogP contribution in [0.25, 0.3) is 0 Å². The van der Waals surface area contributed by atoms with E-state index in [0.29, 0.717) is 19.5 Å². The maximum Gasteiger partial charge on any atom is 0.410 e. The minimum absolute atomic E-state index is 0.162. The van der Waals surface area contributed by atoms with Gasteiger partial charge in [0.05, 0.1) is 13.5 Å². The zero-order chi connectivity index (χ0) is 15.1. The minimum Gasteiger partial charge on any atom is -0.469 e. The molecule has 0 aliphatic carbocycles. The lowest BCUT2D eigenvalue weighted by molar-refractivity contribution is -0.142. The quantitative estimate of drug-likeness (QED) is 0.800. The SMILES string of the molecule is COC(=O)CC1CCCN(C(=O)OCc2ccccc2)C1. The summed E-state index contributed by atoms with van der Waals surface area (Å²) in [6.45, 7) is 1.52. The highest BCUT2D eigenvalue weighted by atomic mass is 16.6. The Bertz CT molecular complexity index is 474. The molecule has 5 heteroatoms. The Hall–Kier alpha value is -2.04. The van der Waals surface area contributed by atoms with Gasteiger partial charge in [-0.25, -0.2) is 4.79 Å². The van der Waals surface area contributed by atoms with Gasteiger partial charge in [0.1, 0.15) is 6.61 Å². The molecule has 5 nitrogen and oxygen atoms in total. The highest BCUT2D eigenvalue weighted by molar-refractivity contribution is 5.70. The second-order valence-corrected chi connectivity index (χ2v) is 5.27. The number of rotatable bonds is 4. The van der Waals surface area contributed by atoms with Crippen LogP contribution in [0.1, 0.15) is 24.8 Å². The summed E-state index contributed by atoms with van der Waals surface area (Å²) in [6.07, 6.45) is 1.88. The zero-order valence-electron chi connectivity index (χ0n) is 12.3. The number of amides is 1. The number of carbonyl (C=O) groups is 2. The first-order valence-corrected chi connectivity index (χ1v) is 7.21. The van der Waals surface area contributed by atoms with E-state index in [-0.39, 0.29) is 24.6 Å². The average molecular weight is 291 g/mol. The first-order chi connectivity index (χ1) is 10.2. The number of nitrogens with zero attached hydrogens (tertiary/aromatic N) is 1. The lowest BCUT2D eigenvalue weighted by Gasteiger charge is -2.31. The van der Waals surface area contributed by atoms with Crippen molar-refractivity contribution in [3.8, 4) is 0 Å². The molecule has 0 N–H and O–H groups in total.